The van der Waals surface area contributed by atoms with E-state index in [4.69, 9.17) is 15.2 Å². The summed E-state index contributed by atoms with van der Waals surface area (Å²) in [4.78, 5) is 11.1. The van der Waals surface area contributed by atoms with E-state index in [0.29, 0.717) is 11.5 Å². The smallest absolute Gasteiger partial charge is 0.248 e. The van der Waals surface area contributed by atoms with Gasteiger partial charge in [0.05, 0.1) is 12.0 Å². The maximum absolute atomic E-state index is 12.5. The third-order valence-electron chi connectivity index (χ3n) is 3.58. The number of nitrogens with zero attached hydrogens (tertiary/aromatic N) is 1. The molecule has 8 heteroatoms. The second-order valence-corrected chi connectivity index (χ2v) is 7.28. The molecule has 0 unspecified atom stereocenters. The molecule has 0 aromatic heterocycles. The number of amides is 1. The maximum atomic E-state index is 12.5. The van der Waals surface area contributed by atoms with Crippen LogP contribution in [0.4, 0.5) is 0 Å². The summed E-state index contributed by atoms with van der Waals surface area (Å²) < 4.78 is 36.7. The molecule has 0 aliphatic rings. The molecular formula is C17H20N2O5S. The Morgan fingerprint density at radius 1 is 1.04 bits per heavy atom. The van der Waals surface area contributed by atoms with Gasteiger partial charge < -0.3 is 15.2 Å². The number of ether oxygens (including phenoxy) is 2. The van der Waals surface area contributed by atoms with Crippen LogP contribution < -0.4 is 15.2 Å². The highest BCUT2D eigenvalue weighted by Crippen LogP contribution is 2.18. The molecular weight excluding hydrogens is 344 g/mol. The molecule has 0 aliphatic carbocycles. The number of hydrogen-bond acceptors (Lipinski definition) is 5. The van der Waals surface area contributed by atoms with Gasteiger partial charge in [-0.25, -0.2) is 8.42 Å². The molecule has 7 nitrogen and oxygen atoms in total. The lowest BCUT2D eigenvalue weighted by molar-refractivity contribution is 0.1000. The lowest BCUT2D eigenvalue weighted by atomic mass is 10.2. The van der Waals surface area contributed by atoms with Gasteiger partial charge in [-0.2, -0.15) is 4.31 Å². The molecule has 0 saturated carbocycles. The number of carbonyl (C=O) groups is 1. The van der Waals surface area contributed by atoms with Crippen molar-refractivity contribution in [1.82, 2.24) is 4.31 Å². The predicted molar refractivity (Wildman–Crippen MR) is 93.3 cm³/mol. The summed E-state index contributed by atoms with van der Waals surface area (Å²) in [5.74, 6) is 0.731. The number of hydrogen-bond donors (Lipinski definition) is 1. The molecule has 0 atom stereocenters. The molecule has 0 heterocycles. The van der Waals surface area contributed by atoms with E-state index >= 15 is 0 Å². The normalized spacial score (nSPS) is 11.3. The second-order valence-electron chi connectivity index (χ2n) is 5.24. The van der Waals surface area contributed by atoms with Gasteiger partial charge in [0, 0.05) is 19.2 Å². The molecule has 2 aromatic rings. The fourth-order valence-electron chi connectivity index (χ4n) is 2.06. The van der Waals surface area contributed by atoms with Gasteiger partial charge in [-0.15, -0.1) is 0 Å². The van der Waals surface area contributed by atoms with E-state index < -0.39 is 15.9 Å². The lowest BCUT2D eigenvalue weighted by Gasteiger charge is -2.17. The van der Waals surface area contributed by atoms with Crippen LogP contribution in [0.3, 0.4) is 0 Å². The fourth-order valence-corrected chi connectivity index (χ4v) is 3.21. The Labute approximate surface area is 147 Å². The number of carbonyl (C=O) groups excluding carboxylic acids is 1. The van der Waals surface area contributed by atoms with Crippen molar-refractivity contribution in [2.75, 3.05) is 27.3 Å². The third kappa shape index (κ3) is 4.71. The molecule has 0 bridgehead atoms. The first kappa shape index (κ1) is 18.8. The van der Waals surface area contributed by atoms with Crippen molar-refractivity contribution in [1.29, 1.82) is 0 Å². The Kier molecular flexibility index (Phi) is 6.00. The van der Waals surface area contributed by atoms with Gasteiger partial charge in [-0.05, 0) is 48.5 Å². The maximum Gasteiger partial charge on any atom is 0.248 e. The zero-order valence-electron chi connectivity index (χ0n) is 14.0. The van der Waals surface area contributed by atoms with Crippen LogP contribution in [0.5, 0.6) is 11.5 Å². The average molecular weight is 364 g/mol. The van der Waals surface area contributed by atoms with Gasteiger partial charge in [0.25, 0.3) is 0 Å². The molecule has 1 amide bonds. The number of benzene rings is 2. The number of primary amides is 1. The summed E-state index contributed by atoms with van der Waals surface area (Å²) in [6.45, 7) is 0.368. The number of methoxy groups -OCH3 is 1. The van der Waals surface area contributed by atoms with Gasteiger partial charge in [-0.1, -0.05) is 0 Å². The van der Waals surface area contributed by atoms with Crippen LogP contribution in [-0.4, -0.2) is 45.9 Å². The van der Waals surface area contributed by atoms with Crippen molar-refractivity contribution in [3.05, 3.63) is 54.1 Å². The van der Waals surface area contributed by atoms with Crippen LogP contribution in [0.15, 0.2) is 53.4 Å². The van der Waals surface area contributed by atoms with Crippen molar-refractivity contribution >= 4 is 15.9 Å². The van der Waals surface area contributed by atoms with Crippen LogP contribution in [0, 0.1) is 0 Å². The molecule has 0 radical (unpaired) electrons. The zero-order valence-corrected chi connectivity index (χ0v) is 14.8. The molecule has 2 rings (SSSR count). The van der Waals surface area contributed by atoms with E-state index in [2.05, 4.69) is 0 Å². The minimum Gasteiger partial charge on any atom is -0.497 e. The van der Waals surface area contributed by atoms with Crippen molar-refractivity contribution < 1.29 is 22.7 Å². The van der Waals surface area contributed by atoms with Crippen molar-refractivity contribution in [3.63, 3.8) is 0 Å². The van der Waals surface area contributed by atoms with Crippen molar-refractivity contribution in [2.24, 2.45) is 5.73 Å². The quantitative estimate of drug-likeness (QED) is 0.765. The Bertz CT molecular complexity index is 817. The molecule has 0 saturated heterocycles. The zero-order chi connectivity index (χ0) is 18.4. The fraction of sp³-hybridized carbons (Fsp3) is 0.235. The largest absolute Gasteiger partial charge is 0.497 e. The van der Waals surface area contributed by atoms with E-state index in [1.807, 2.05) is 0 Å². The standard InChI is InChI=1S/C17H20N2O5S/c1-19(11-12-24-15-7-5-14(23-2)6-8-15)25(21,22)16-9-3-13(4-10-16)17(18)20/h3-10H,11-12H2,1-2H3,(H2,18,20). The predicted octanol–water partition coefficient (Wildman–Crippen LogP) is 1.49. The third-order valence-corrected chi connectivity index (χ3v) is 5.45. The summed E-state index contributed by atoms with van der Waals surface area (Å²) in [6.07, 6.45) is 0. The first-order chi connectivity index (χ1) is 11.8. The highest BCUT2D eigenvalue weighted by atomic mass is 32.2. The molecule has 0 spiro atoms. The summed E-state index contributed by atoms with van der Waals surface area (Å²) in [5, 5.41) is 0. The Hall–Kier alpha value is -2.58. The second kappa shape index (κ2) is 8.00. The topological polar surface area (TPSA) is 98.9 Å². The van der Waals surface area contributed by atoms with Gasteiger partial charge in [-0.3, -0.25) is 4.79 Å². The Balaban J connectivity index is 1.96. The van der Waals surface area contributed by atoms with Crippen LogP contribution >= 0.6 is 0 Å². The highest BCUT2D eigenvalue weighted by molar-refractivity contribution is 7.89. The monoisotopic (exact) mass is 364 g/mol. The molecule has 0 fully saturated rings. The summed E-state index contributed by atoms with van der Waals surface area (Å²) in [5.41, 5.74) is 5.40. The average Bonchev–Trinajstić information content (AvgIpc) is 2.62. The first-order valence-electron chi connectivity index (χ1n) is 7.47. The molecule has 25 heavy (non-hydrogen) atoms. The van der Waals surface area contributed by atoms with E-state index in [9.17, 15) is 13.2 Å². The van der Waals surface area contributed by atoms with E-state index in [-0.39, 0.29) is 23.6 Å². The first-order valence-corrected chi connectivity index (χ1v) is 8.91. The van der Waals surface area contributed by atoms with E-state index in [0.717, 1.165) is 0 Å². The van der Waals surface area contributed by atoms with Gasteiger partial charge in [0.2, 0.25) is 15.9 Å². The van der Waals surface area contributed by atoms with E-state index in [1.165, 1.54) is 35.6 Å². The number of likely N-dealkylation sites (N-methyl/N-ethyl adjacent to an activating group) is 1. The molecule has 0 aliphatic heterocycles. The van der Waals surface area contributed by atoms with Gasteiger partial charge in [0.15, 0.2) is 0 Å². The summed E-state index contributed by atoms with van der Waals surface area (Å²) in [7, 11) is -0.623. The summed E-state index contributed by atoms with van der Waals surface area (Å²) >= 11 is 0. The minimum atomic E-state index is -3.67. The molecule has 134 valence electrons. The van der Waals surface area contributed by atoms with Crippen molar-refractivity contribution in [3.8, 4) is 11.5 Å². The SMILES string of the molecule is COc1ccc(OCCN(C)S(=O)(=O)c2ccc(C(N)=O)cc2)cc1. The Morgan fingerprint density at radius 2 is 1.60 bits per heavy atom. The van der Waals surface area contributed by atoms with Crippen LogP contribution in [0.2, 0.25) is 0 Å². The summed E-state index contributed by atoms with van der Waals surface area (Å²) in [6, 6.07) is 12.5. The minimum absolute atomic E-state index is 0.0875. The van der Waals surface area contributed by atoms with E-state index in [1.54, 1.807) is 31.4 Å². The molecule has 2 aromatic carbocycles. The van der Waals surface area contributed by atoms with Crippen molar-refractivity contribution in [2.45, 2.75) is 4.90 Å². The van der Waals surface area contributed by atoms with Gasteiger partial charge in [0.1, 0.15) is 18.1 Å². The number of nitrogens with two attached hydrogens (primary N) is 1. The Morgan fingerprint density at radius 3 is 2.12 bits per heavy atom. The van der Waals surface area contributed by atoms with Crippen LogP contribution in [-0.2, 0) is 10.0 Å². The highest BCUT2D eigenvalue weighted by Gasteiger charge is 2.20. The molecule has 2 N–H and O–H groups in total. The number of rotatable bonds is 8. The lowest BCUT2D eigenvalue weighted by Crippen LogP contribution is -2.31. The van der Waals surface area contributed by atoms with Gasteiger partial charge >= 0.3 is 0 Å². The number of sulfonamides is 1. The van der Waals surface area contributed by atoms with Crippen LogP contribution in [0.25, 0.3) is 0 Å². The van der Waals surface area contributed by atoms with Crippen LogP contribution in [0.1, 0.15) is 10.4 Å².